The van der Waals surface area contributed by atoms with Crippen LogP contribution in [0.25, 0.3) is 6.08 Å². The maximum absolute atomic E-state index is 11.8. The standard InChI is InChI=1S/C21H23NO5/c1-15-4-6-16(7-5-15)13-22-20(23)14-27-21(24)11-8-17-12-18(25-2)9-10-19(17)26-3/h4-12H,13-14H2,1-3H3,(H,22,23). The van der Waals surface area contributed by atoms with Gasteiger partial charge in [0.1, 0.15) is 11.5 Å². The molecule has 0 saturated carbocycles. The van der Waals surface area contributed by atoms with Crippen LogP contribution in [-0.4, -0.2) is 32.7 Å². The van der Waals surface area contributed by atoms with Gasteiger partial charge in [-0.25, -0.2) is 4.79 Å². The summed E-state index contributed by atoms with van der Waals surface area (Å²) < 4.78 is 15.3. The van der Waals surface area contributed by atoms with E-state index in [1.54, 1.807) is 31.4 Å². The molecule has 1 amide bonds. The number of amides is 1. The number of carbonyl (C=O) groups is 2. The van der Waals surface area contributed by atoms with E-state index in [1.165, 1.54) is 13.2 Å². The summed E-state index contributed by atoms with van der Waals surface area (Å²) in [5.74, 6) is 0.247. The second-order valence-electron chi connectivity index (χ2n) is 5.81. The van der Waals surface area contributed by atoms with Crippen LogP contribution < -0.4 is 14.8 Å². The highest BCUT2D eigenvalue weighted by Gasteiger charge is 2.06. The van der Waals surface area contributed by atoms with Crippen LogP contribution in [0.4, 0.5) is 0 Å². The Morgan fingerprint density at radius 2 is 1.78 bits per heavy atom. The van der Waals surface area contributed by atoms with Crippen molar-refractivity contribution in [3.8, 4) is 11.5 Å². The summed E-state index contributed by atoms with van der Waals surface area (Å²) in [5, 5.41) is 2.70. The molecule has 0 aliphatic heterocycles. The number of benzene rings is 2. The molecule has 0 fully saturated rings. The number of hydrogen-bond donors (Lipinski definition) is 1. The minimum atomic E-state index is -0.620. The fourth-order valence-corrected chi connectivity index (χ4v) is 2.27. The van der Waals surface area contributed by atoms with E-state index >= 15 is 0 Å². The van der Waals surface area contributed by atoms with Gasteiger partial charge in [-0.15, -0.1) is 0 Å². The van der Waals surface area contributed by atoms with Crippen molar-refractivity contribution in [2.45, 2.75) is 13.5 Å². The molecule has 0 aromatic heterocycles. The van der Waals surface area contributed by atoms with Gasteiger partial charge in [0.25, 0.3) is 5.91 Å². The van der Waals surface area contributed by atoms with Crippen LogP contribution in [0.3, 0.4) is 0 Å². The average Bonchev–Trinajstić information content (AvgIpc) is 2.69. The number of esters is 1. The maximum Gasteiger partial charge on any atom is 0.331 e. The van der Waals surface area contributed by atoms with E-state index in [-0.39, 0.29) is 12.5 Å². The van der Waals surface area contributed by atoms with E-state index < -0.39 is 5.97 Å². The topological polar surface area (TPSA) is 73.9 Å². The largest absolute Gasteiger partial charge is 0.497 e. The highest BCUT2D eigenvalue weighted by molar-refractivity contribution is 5.89. The SMILES string of the molecule is COc1ccc(OC)c(C=CC(=O)OCC(=O)NCc2ccc(C)cc2)c1. The fourth-order valence-electron chi connectivity index (χ4n) is 2.27. The Hall–Kier alpha value is -3.28. The van der Waals surface area contributed by atoms with E-state index in [1.807, 2.05) is 31.2 Å². The van der Waals surface area contributed by atoms with Gasteiger partial charge in [-0.05, 0) is 36.8 Å². The molecule has 142 valence electrons. The predicted molar refractivity (Wildman–Crippen MR) is 103 cm³/mol. The molecule has 2 aromatic carbocycles. The summed E-state index contributed by atoms with van der Waals surface area (Å²) in [7, 11) is 3.09. The van der Waals surface area contributed by atoms with Crippen LogP contribution in [0, 0.1) is 6.92 Å². The number of aryl methyl sites for hydroxylation is 1. The zero-order chi connectivity index (χ0) is 19.6. The van der Waals surface area contributed by atoms with Crippen molar-refractivity contribution in [1.82, 2.24) is 5.32 Å². The number of rotatable bonds is 8. The third-order valence-electron chi connectivity index (χ3n) is 3.79. The van der Waals surface area contributed by atoms with Crippen LogP contribution in [0.2, 0.25) is 0 Å². The molecule has 0 atom stereocenters. The van der Waals surface area contributed by atoms with Crippen LogP contribution in [0.1, 0.15) is 16.7 Å². The predicted octanol–water partition coefficient (Wildman–Crippen LogP) is 2.89. The molecule has 0 heterocycles. The minimum absolute atomic E-state index is 0.343. The van der Waals surface area contributed by atoms with E-state index in [9.17, 15) is 9.59 Å². The van der Waals surface area contributed by atoms with Crippen LogP contribution >= 0.6 is 0 Å². The molecule has 0 radical (unpaired) electrons. The summed E-state index contributed by atoms with van der Waals surface area (Å²) in [6.45, 7) is 2.04. The van der Waals surface area contributed by atoms with Crippen molar-refractivity contribution in [1.29, 1.82) is 0 Å². The summed E-state index contributed by atoms with van der Waals surface area (Å²) in [4.78, 5) is 23.6. The lowest BCUT2D eigenvalue weighted by Crippen LogP contribution is -2.28. The monoisotopic (exact) mass is 369 g/mol. The van der Waals surface area contributed by atoms with Crippen molar-refractivity contribution in [3.63, 3.8) is 0 Å². The van der Waals surface area contributed by atoms with Gasteiger partial charge >= 0.3 is 5.97 Å². The minimum Gasteiger partial charge on any atom is -0.497 e. The van der Waals surface area contributed by atoms with Crippen LogP contribution in [-0.2, 0) is 20.9 Å². The number of methoxy groups -OCH3 is 2. The van der Waals surface area contributed by atoms with Crippen molar-refractivity contribution in [2.24, 2.45) is 0 Å². The molecule has 1 N–H and O–H groups in total. The first-order valence-corrected chi connectivity index (χ1v) is 8.41. The normalized spacial score (nSPS) is 10.5. The van der Waals surface area contributed by atoms with Crippen molar-refractivity contribution in [2.75, 3.05) is 20.8 Å². The molecule has 0 aliphatic carbocycles. The molecule has 6 nitrogen and oxygen atoms in total. The second-order valence-corrected chi connectivity index (χ2v) is 5.81. The quantitative estimate of drug-likeness (QED) is 0.572. The van der Waals surface area contributed by atoms with Crippen molar-refractivity contribution in [3.05, 3.63) is 65.2 Å². The van der Waals surface area contributed by atoms with Gasteiger partial charge in [0.2, 0.25) is 0 Å². The number of nitrogens with one attached hydrogen (secondary N) is 1. The molecular formula is C21H23NO5. The maximum atomic E-state index is 11.8. The van der Waals surface area contributed by atoms with Gasteiger partial charge in [-0.3, -0.25) is 4.79 Å². The Labute approximate surface area is 158 Å². The third-order valence-corrected chi connectivity index (χ3v) is 3.79. The summed E-state index contributed by atoms with van der Waals surface area (Å²) in [6, 6.07) is 13.0. The van der Waals surface area contributed by atoms with Crippen LogP contribution in [0.15, 0.2) is 48.5 Å². The first-order chi connectivity index (χ1) is 13.0. The Morgan fingerprint density at radius 3 is 2.44 bits per heavy atom. The Bertz CT molecular complexity index is 812. The average molecular weight is 369 g/mol. The van der Waals surface area contributed by atoms with Gasteiger partial charge in [-0.2, -0.15) is 0 Å². The van der Waals surface area contributed by atoms with Gasteiger partial charge in [-0.1, -0.05) is 29.8 Å². The Kier molecular flexibility index (Phi) is 7.43. The third kappa shape index (κ3) is 6.51. The Balaban J connectivity index is 1.82. The summed E-state index contributed by atoms with van der Waals surface area (Å²) >= 11 is 0. The van der Waals surface area contributed by atoms with E-state index in [4.69, 9.17) is 14.2 Å². The molecule has 0 aliphatic rings. The molecule has 27 heavy (non-hydrogen) atoms. The van der Waals surface area contributed by atoms with Crippen molar-refractivity contribution < 1.29 is 23.8 Å². The Morgan fingerprint density at radius 1 is 1.04 bits per heavy atom. The molecule has 0 bridgehead atoms. The first-order valence-electron chi connectivity index (χ1n) is 8.41. The molecule has 6 heteroatoms. The van der Waals surface area contributed by atoms with Crippen LogP contribution in [0.5, 0.6) is 11.5 Å². The van der Waals surface area contributed by atoms with Crippen molar-refractivity contribution >= 4 is 18.0 Å². The smallest absolute Gasteiger partial charge is 0.331 e. The lowest BCUT2D eigenvalue weighted by molar-refractivity contribution is -0.143. The molecular weight excluding hydrogens is 346 g/mol. The molecule has 2 rings (SSSR count). The number of carbonyl (C=O) groups excluding carboxylic acids is 2. The zero-order valence-electron chi connectivity index (χ0n) is 15.7. The summed E-state index contributed by atoms with van der Waals surface area (Å²) in [5.41, 5.74) is 2.79. The lowest BCUT2D eigenvalue weighted by Gasteiger charge is -2.07. The highest BCUT2D eigenvalue weighted by atomic mass is 16.5. The van der Waals surface area contributed by atoms with Gasteiger partial charge < -0.3 is 19.5 Å². The fraction of sp³-hybridized carbons (Fsp3) is 0.238. The zero-order valence-corrected chi connectivity index (χ0v) is 15.7. The molecule has 2 aromatic rings. The lowest BCUT2D eigenvalue weighted by atomic mass is 10.1. The molecule has 0 saturated heterocycles. The summed E-state index contributed by atoms with van der Waals surface area (Å²) in [6.07, 6.45) is 2.79. The highest BCUT2D eigenvalue weighted by Crippen LogP contribution is 2.25. The molecule has 0 spiro atoms. The molecule has 0 unspecified atom stereocenters. The van der Waals surface area contributed by atoms with E-state index in [0.29, 0.717) is 23.6 Å². The number of ether oxygens (including phenoxy) is 3. The number of hydrogen-bond acceptors (Lipinski definition) is 5. The first kappa shape index (κ1) is 20.0. The van der Waals surface area contributed by atoms with E-state index in [0.717, 1.165) is 11.1 Å². The van der Waals surface area contributed by atoms with E-state index in [2.05, 4.69) is 5.32 Å². The van der Waals surface area contributed by atoms with Gasteiger partial charge in [0.05, 0.1) is 14.2 Å². The van der Waals surface area contributed by atoms with Gasteiger partial charge in [0, 0.05) is 18.2 Å². The second kappa shape index (κ2) is 10.0. The van der Waals surface area contributed by atoms with Gasteiger partial charge in [0.15, 0.2) is 6.61 Å².